The molecule has 0 aromatic rings. The maximum absolute atomic E-state index is 11.2. The van der Waals surface area contributed by atoms with Crippen molar-refractivity contribution in [3.05, 3.63) is 0 Å². The van der Waals surface area contributed by atoms with Gasteiger partial charge in [-0.05, 0) is 6.92 Å². The summed E-state index contributed by atoms with van der Waals surface area (Å²) < 4.78 is 45.1. The van der Waals surface area contributed by atoms with Gasteiger partial charge in [-0.3, -0.25) is 0 Å². The molecule has 1 unspecified atom stereocenters. The average molecular weight is 228 g/mol. The first-order valence-corrected chi connectivity index (χ1v) is 6.95. The van der Waals surface area contributed by atoms with Gasteiger partial charge in [0.05, 0.1) is 11.0 Å². The van der Waals surface area contributed by atoms with Crippen LogP contribution < -0.4 is 5.14 Å². The number of sulfone groups is 1. The van der Waals surface area contributed by atoms with Gasteiger partial charge in [0.15, 0.2) is 9.84 Å². The third-order valence-electron chi connectivity index (χ3n) is 2.06. The largest absolute Gasteiger partial charge is 0.276 e. The molecule has 1 saturated heterocycles. The molecule has 0 radical (unpaired) electrons. The second kappa shape index (κ2) is 3.19. The normalized spacial score (nSPS) is 30.2. The van der Waals surface area contributed by atoms with Crippen LogP contribution in [0.1, 0.15) is 6.92 Å². The van der Waals surface area contributed by atoms with E-state index in [1.165, 1.54) is 6.92 Å². The summed E-state index contributed by atoms with van der Waals surface area (Å²) in [6.45, 7) is 1.40. The van der Waals surface area contributed by atoms with E-state index >= 15 is 0 Å². The fourth-order valence-electron chi connectivity index (χ4n) is 1.15. The summed E-state index contributed by atoms with van der Waals surface area (Å²) in [6.07, 6.45) is 0. The predicted octanol–water partition coefficient (Wildman–Crippen LogP) is -1.69. The highest BCUT2D eigenvalue weighted by atomic mass is 32.2. The molecular weight excluding hydrogens is 216 g/mol. The van der Waals surface area contributed by atoms with Crippen molar-refractivity contribution >= 4 is 20.0 Å². The molecule has 8 heteroatoms. The molecule has 0 saturated carbocycles. The molecule has 1 atom stereocenters. The van der Waals surface area contributed by atoms with E-state index < -0.39 is 25.3 Å². The molecule has 1 aliphatic heterocycles. The predicted molar refractivity (Wildman–Crippen MR) is 47.9 cm³/mol. The van der Waals surface area contributed by atoms with E-state index in [0.717, 1.165) is 4.31 Å². The molecule has 1 heterocycles. The van der Waals surface area contributed by atoms with Crippen LogP contribution in [0.5, 0.6) is 0 Å². The summed E-state index contributed by atoms with van der Waals surface area (Å²) in [4.78, 5) is 0. The van der Waals surface area contributed by atoms with Crippen molar-refractivity contribution in [2.24, 2.45) is 5.14 Å². The Morgan fingerprint density at radius 3 is 2.38 bits per heavy atom. The molecule has 2 N–H and O–H groups in total. The van der Waals surface area contributed by atoms with Crippen molar-refractivity contribution in [2.75, 3.05) is 18.8 Å². The Morgan fingerprint density at radius 2 is 2.00 bits per heavy atom. The molecule has 6 nitrogen and oxygen atoms in total. The van der Waals surface area contributed by atoms with Crippen LogP contribution in [0.15, 0.2) is 0 Å². The summed E-state index contributed by atoms with van der Waals surface area (Å²) in [7, 11) is -6.86. The summed E-state index contributed by atoms with van der Waals surface area (Å²) in [5.41, 5.74) is 0. The first-order valence-electron chi connectivity index (χ1n) is 3.73. The third kappa shape index (κ3) is 2.39. The highest BCUT2D eigenvalue weighted by Crippen LogP contribution is 2.13. The fourth-order valence-corrected chi connectivity index (χ4v) is 3.42. The summed E-state index contributed by atoms with van der Waals surface area (Å²) >= 11 is 0. The van der Waals surface area contributed by atoms with Crippen LogP contribution in [0, 0.1) is 0 Å². The van der Waals surface area contributed by atoms with Gasteiger partial charge in [0.1, 0.15) is 0 Å². The molecule has 1 aliphatic rings. The van der Waals surface area contributed by atoms with Gasteiger partial charge in [0.25, 0.3) is 10.2 Å². The van der Waals surface area contributed by atoms with E-state index in [2.05, 4.69) is 0 Å². The quantitative estimate of drug-likeness (QED) is 0.579. The Morgan fingerprint density at radius 1 is 1.46 bits per heavy atom. The first-order chi connectivity index (χ1) is 5.73. The molecule has 0 bridgehead atoms. The molecule has 0 aromatic heterocycles. The van der Waals surface area contributed by atoms with Gasteiger partial charge >= 0.3 is 0 Å². The summed E-state index contributed by atoms with van der Waals surface area (Å²) in [6, 6.07) is 0. The Hall–Kier alpha value is -0.180. The molecule has 1 rings (SSSR count). The Balaban J connectivity index is 2.85. The average Bonchev–Trinajstić information content (AvgIpc) is 1.92. The number of rotatable bonds is 1. The van der Waals surface area contributed by atoms with Gasteiger partial charge in [-0.25, -0.2) is 13.6 Å². The van der Waals surface area contributed by atoms with Gasteiger partial charge in [0.2, 0.25) is 0 Å². The lowest BCUT2D eigenvalue weighted by molar-refractivity contribution is 0.408. The zero-order valence-electron chi connectivity index (χ0n) is 7.17. The van der Waals surface area contributed by atoms with E-state index in [-0.39, 0.29) is 18.8 Å². The van der Waals surface area contributed by atoms with Crippen molar-refractivity contribution in [2.45, 2.75) is 12.2 Å². The zero-order valence-corrected chi connectivity index (χ0v) is 8.81. The molecular formula is C5H12N2O4S2. The minimum atomic E-state index is -3.74. The minimum absolute atomic E-state index is 0.0362. The third-order valence-corrected chi connectivity index (χ3v) is 5.24. The maximum atomic E-state index is 11.2. The molecule has 1 fully saturated rings. The van der Waals surface area contributed by atoms with E-state index in [4.69, 9.17) is 5.14 Å². The number of nitrogens with zero attached hydrogens (tertiary/aromatic N) is 1. The van der Waals surface area contributed by atoms with Crippen LogP contribution in [-0.2, 0) is 20.0 Å². The number of hydrogen-bond acceptors (Lipinski definition) is 4. The van der Waals surface area contributed by atoms with Crippen molar-refractivity contribution in [3.8, 4) is 0 Å². The lowest BCUT2D eigenvalue weighted by Gasteiger charge is -2.28. The molecule has 13 heavy (non-hydrogen) atoms. The number of hydrogen-bond donors (Lipinski definition) is 1. The maximum Gasteiger partial charge on any atom is 0.276 e. The molecule has 0 aromatic carbocycles. The fraction of sp³-hybridized carbons (Fsp3) is 1.00. The zero-order chi connectivity index (χ0) is 10.3. The van der Waals surface area contributed by atoms with Crippen molar-refractivity contribution < 1.29 is 16.8 Å². The molecule has 0 amide bonds. The highest BCUT2D eigenvalue weighted by molar-refractivity contribution is 7.92. The summed E-state index contributed by atoms with van der Waals surface area (Å²) in [5, 5.41) is 4.20. The second-order valence-corrected chi connectivity index (χ2v) is 7.17. The van der Waals surface area contributed by atoms with Gasteiger partial charge in [-0.15, -0.1) is 0 Å². The monoisotopic (exact) mass is 228 g/mol. The van der Waals surface area contributed by atoms with Crippen molar-refractivity contribution in [1.29, 1.82) is 0 Å². The second-order valence-electron chi connectivity index (χ2n) is 3.08. The smallest absolute Gasteiger partial charge is 0.228 e. The van der Waals surface area contributed by atoms with Crippen LogP contribution in [0.25, 0.3) is 0 Å². The van der Waals surface area contributed by atoms with Gasteiger partial charge in [-0.1, -0.05) is 0 Å². The van der Waals surface area contributed by atoms with Crippen LogP contribution in [0.3, 0.4) is 0 Å². The highest BCUT2D eigenvalue weighted by Gasteiger charge is 2.33. The molecule has 78 valence electrons. The topological polar surface area (TPSA) is 97.5 Å². The first kappa shape index (κ1) is 10.9. The van der Waals surface area contributed by atoms with Crippen molar-refractivity contribution in [1.82, 2.24) is 4.31 Å². The van der Waals surface area contributed by atoms with Crippen LogP contribution in [0.2, 0.25) is 0 Å². The van der Waals surface area contributed by atoms with E-state index in [1.807, 2.05) is 0 Å². The SMILES string of the molecule is CC1CN(S(N)(=O)=O)CCS1(=O)=O. The van der Waals surface area contributed by atoms with E-state index in [0.29, 0.717) is 0 Å². The lowest BCUT2D eigenvalue weighted by atomic mass is 10.4. The Kier molecular flexibility index (Phi) is 2.68. The Bertz CT molecular complexity index is 385. The minimum Gasteiger partial charge on any atom is -0.228 e. The van der Waals surface area contributed by atoms with Gasteiger partial charge < -0.3 is 0 Å². The van der Waals surface area contributed by atoms with Crippen LogP contribution in [0.4, 0.5) is 0 Å². The molecule has 0 aliphatic carbocycles. The van der Waals surface area contributed by atoms with E-state index in [9.17, 15) is 16.8 Å². The Labute approximate surface area is 77.8 Å². The van der Waals surface area contributed by atoms with Gasteiger partial charge in [0, 0.05) is 13.1 Å². The van der Waals surface area contributed by atoms with Crippen LogP contribution >= 0.6 is 0 Å². The summed E-state index contributed by atoms with van der Waals surface area (Å²) in [5.74, 6) is -0.148. The van der Waals surface area contributed by atoms with Gasteiger partial charge in [-0.2, -0.15) is 12.7 Å². The van der Waals surface area contributed by atoms with Crippen LogP contribution in [-0.4, -0.2) is 45.2 Å². The lowest BCUT2D eigenvalue weighted by Crippen LogP contribution is -2.50. The van der Waals surface area contributed by atoms with E-state index in [1.54, 1.807) is 0 Å². The number of nitrogens with two attached hydrogens (primary N) is 1. The molecule has 0 spiro atoms. The standard InChI is InChI=1S/C5H12N2O4S2/c1-5-4-7(13(6,10)11)2-3-12(5,8)9/h5H,2-4H2,1H3,(H2,6,10,11). The van der Waals surface area contributed by atoms with Crippen molar-refractivity contribution in [3.63, 3.8) is 0 Å².